The highest BCUT2D eigenvalue weighted by atomic mass is 32.2. The quantitative estimate of drug-likeness (QED) is 0.773. The van der Waals surface area contributed by atoms with Crippen molar-refractivity contribution in [3.63, 3.8) is 0 Å². The van der Waals surface area contributed by atoms with Gasteiger partial charge >= 0.3 is 0 Å². The van der Waals surface area contributed by atoms with Crippen LogP contribution in [0.4, 0.5) is 0 Å². The van der Waals surface area contributed by atoms with E-state index in [1.54, 1.807) is 24.3 Å². The predicted molar refractivity (Wildman–Crippen MR) is 81.0 cm³/mol. The van der Waals surface area contributed by atoms with E-state index in [0.717, 1.165) is 12.0 Å². The third-order valence-corrected chi connectivity index (χ3v) is 5.03. The zero-order valence-electron chi connectivity index (χ0n) is 12.5. The molecular formula is C15H25NO3S. The number of hydrogen-bond donors (Lipinski definition) is 2. The molecule has 0 aliphatic carbocycles. The number of nitrogens with one attached hydrogen (secondary N) is 1. The highest BCUT2D eigenvalue weighted by molar-refractivity contribution is 7.89. The Morgan fingerprint density at radius 1 is 1.15 bits per heavy atom. The van der Waals surface area contributed by atoms with E-state index in [4.69, 9.17) is 5.11 Å². The van der Waals surface area contributed by atoms with Gasteiger partial charge in [-0.2, -0.15) is 0 Å². The van der Waals surface area contributed by atoms with Crippen molar-refractivity contribution in [1.29, 1.82) is 0 Å². The molecule has 4 nitrogen and oxygen atoms in total. The van der Waals surface area contributed by atoms with Gasteiger partial charge in [-0.25, -0.2) is 13.1 Å². The molecule has 0 fully saturated rings. The van der Waals surface area contributed by atoms with Crippen LogP contribution in [-0.4, -0.2) is 26.7 Å². The molecule has 5 heteroatoms. The molecule has 0 heterocycles. The molecule has 0 aliphatic heterocycles. The van der Waals surface area contributed by atoms with Crippen molar-refractivity contribution in [2.75, 3.05) is 13.2 Å². The average Bonchev–Trinajstić information content (AvgIpc) is 2.43. The Morgan fingerprint density at radius 2 is 1.75 bits per heavy atom. The van der Waals surface area contributed by atoms with Gasteiger partial charge in [0.1, 0.15) is 0 Å². The van der Waals surface area contributed by atoms with Crippen LogP contribution in [0.2, 0.25) is 0 Å². The molecule has 114 valence electrons. The van der Waals surface area contributed by atoms with Gasteiger partial charge in [-0.05, 0) is 42.4 Å². The van der Waals surface area contributed by atoms with E-state index in [-0.39, 0.29) is 6.61 Å². The first-order valence-corrected chi connectivity index (χ1v) is 8.54. The van der Waals surface area contributed by atoms with E-state index < -0.39 is 10.0 Å². The minimum absolute atomic E-state index is 0.148. The summed E-state index contributed by atoms with van der Waals surface area (Å²) in [6.45, 7) is 6.79. The van der Waals surface area contributed by atoms with E-state index in [9.17, 15) is 8.42 Å². The molecule has 20 heavy (non-hydrogen) atoms. The molecule has 0 amide bonds. The molecule has 2 N–H and O–H groups in total. The van der Waals surface area contributed by atoms with E-state index in [1.165, 1.54) is 0 Å². The van der Waals surface area contributed by atoms with Gasteiger partial charge in [0.25, 0.3) is 0 Å². The maximum Gasteiger partial charge on any atom is 0.240 e. The highest BCUT2D eigenvalue weighted by Gasteiger charge is 2.16. The summed E-state index contributed by atoms with van der Waals surface area (Å²) in [5.41, 5.74) is 1.04. The Balaban J connectivity index is 2.68. The molecular weight excluding hydrogens is 274 g/mol. The zero-order chi connectivity index (χ0) is 15.2. The van der Waals surface area contributed by atoms with Crippen molar-refractivity contribution < 1.29 is 13.5 Å². The number of benzene rings is 1. The highest BCUT2D eigenvalue weighted by Crippen LogP contribution is 2.13. The van der Waals surface area contributed by atoms with E-state index in [2.05, 4.69) is 18.6 Å². The average molecular weight is 299 g/mol. The van der Waals surface area contributed by atoms with E-state index in [1.807, 2.05) is 6.92 Å². The third-order valence-electron chi connectivity index (χ3n) is 3.59. The first-order valence-electron chi connectivity index (χ1n) is 7.06. The molecule has 1 unspecified atom stereocenters. The first-order chi connectivity index (χ1) is 9.36. The molecule has 1 aromatic rings. The van der Waals surface area contributed by atoms with Crippen molar-refractivity contribution >= 4 is 10.0 Å². The van der Waals surface area contributed by atoms with Crippen LogP contribution < -0.4 is 4.72 Å². The van der Waals surface area contributed by atoms with Gasteiger partial charge in [0, 0.05) is 13.2 Å². The molecule has 0 aromatic heterocycles. The molecule has 0 bridgehead atoms. The lowest BCUT2D eigenvalue weighted by Crippen LogP contribution is -2.30. The van der Waals surface area contributed by atoms with Crippen LogP contribution in [0, 0.1) is 11.8 Å². The summed E-state index contributed by atoms with van der Waals surface area (Å²) < 4.78 is 26.9. The topological polar surface area (TPSA) is 66.4 Å². The maximum absolute atomic E-state index is 12.1. The minimum atomic E-state index is -3.43. The van der Waals surface area contributed by atoms with Crippen LogP contribution in [0.15, 0.2) is 29.2 Å². The number of aliphatic hydroxyl groups excluding tert-OH is 1. The Bertz CT molecular complexity index is 494. The third kappa shape index (κ3) is 5.23. The van der Waals surface area contributed by atoms with Crippen molar-refractivity contribution in [2.24, 2.45) is 11.8 Å². The lowest BCUT2D eigenvalue weighted by molar-refractivity contribution is 0.288. The second-order valence-corrected chi connectivity index (χ2v) is 7.31. The summed E-state index contributed by atoms with van der Waals surface area (Å²) in [4.78, 5) is 0.293. The van der Waals surface area contributed by atoms with Crippen molar-refractivity contribution in [3.8, 4) is 0 Å². The summed E-state index contributed by atoms with van der Waals surface area (Å²) in [5, 5.41) is 8.77. The van der Waals surface area contributed by atoms with Gasteiger partial charge in [0.15, 0.2) is 0 Å². The van der Waals surface area contributed by atoms with Crippen LogP contribution in [0.1, 0.15) is 32.8 Å². The lowest BCUT2D eigenvalue weighted by atomic mass is 9.99. The summed E-state index contributed by atoms with van der Waals surface area (Å²) in [7, 11) is -3.43. The molecule has 0 spiro atoms. The number of sulfonamides is 1. The summed E-state index contributed by atoms with van der Waals surface area (Å²) in [6.07, 6.45) is 1.45. The van der Waals surface area contributed by atoms with E-state index >= 15 is 0 Å². The Morgan fingerprint density at radius 3 is 2.25 bits per heavy atom. The second-order valence-electron chi connectivity index (χ2n) is 5.54. The lowest BCUT2D eigenvalue weighted by Gasteiger charge is -2.16. The van der Waals surface area contributed by atoms with Crippen LogP contribution in [0.3, 0.4) is 0 Å². The van der Waals surface area contributed by atoms with Gasteiger partial charge in [0.2, 0.25) is 10.0 Å². The fourth-order valence-electron chi connectivity index (χ4n) is 1.68. The Hall–Kier alpha value is -0.910. The van der Waals surface area contributed by atoms with Crippen LogP contribution in [-0.2, 0) is 16.4 Å². The summed E-state index contributed by atoms with van der Waals surface area (Å²) in [5.74, 6) is 0.743. The normalized spacial score (nSPS) is 13.7. The zero-order valence-corrected chi connectivity index (χ0v) is 13.3. The van der Waals surface area contributed by atoms with Crippen molar-refractivity contribution in [3.05, 3.63) is 29.8 Å². The monoisotopic (exact) mass is 299 g/mol. The molecule has 1 rings (SSSR count). The fourth-order valence-corrected chi connectivity index (χ4v) is 2.82. The second kappa shape index (κ2) is 7.76. The smallest absolute Gasteiger partial charge is 0.240 e. The van der Waals surface area contributed by atoms with Crippen molar-refractivity contribution in [2.45, 2.75) is 38.5 Å². The summed E-state index contributed by atoms with van der Waals surface area (Å²) >= 11 is 0. The van der Waals surface area contributed by atoms with Gasteiger partial charge < -0.3 is 5.11 Å². The van der Waals surface area contributed by atoms with Gasteiger partial charge in [-0.15, -0.1) is 0 Å². The van der Waals surface area contributed by atoms with E-state index in [0.29, 0.717) is 29.7 Å². The molecule has 0 aliphatic rings. The van der Waals surface area contributed by atoms with Gasteiger partial charge in [-0.3, -0.25) is 0 Å². The number of rotatable bonds is 8. The van der Waals surface area contributed by atoms with Gasteiger partial charge in [0.05, 0.1) is 4.90 Å². The SMILES string of the molecule is CC(C)C(C)CNS(=O)(=O)c1ccc(CCCO)cc1. The summed E-state index contributed by atoms with van der Waals surface area (Å²) in [6, 6.07) is 6.84. The van der Waals surface area contributed by atoms with Crippen molar-refractivity contribution in [1.82, 2.24) is 4.72 Å². The Kier molecular flexibility index (Phi) is 6.65. The largest absolute Gasteiger partial charge is 0.396 e. The molecule has 1 atom stereocenters. The van der Waals surface area contributed by atoms with Crippen LogP contribution in [0.25, 0.3) is 0 Å². The Labute approximate surface area is 122 Å². The van der Waals surface area contributed by atoms with Crippen LogP contribution >= 0.6 is 0 Å². The fraction of sp³-hybridized carbons (Fsp3) is 0.600. The molecule has 0 radical (unpaired) electrons. The number of hydrogen-bond acceptors (Lipinski definition) is 3. The predicted octanol–water partition coefficient (Wildman–Crippen LogP) is 2.18. The first kappa shape index (κ1) is 17.1. The molecule has 1 aromatic carbocycles. The van der Waals surface area contributed by atoms with Crippen LogP contribution in [0.5, 0.6) is 0 Å². The maximum atomic E-state index is 12.1. The molecule has 0 saturated carbocycles. The standard InChI is InChI=1S/C15H25NO3S/c1-12(2)13(3)11-16-20(18,19)15-8-6-14(7-9-15)5-4-10-17/h6-9,12-13,16-17H,4-5,10-11H2,1-3H3. The number of aryl methyl sites for hydroxylation is 1. The van der Waals surface area contributed by atoms with Gasteiger partial charge in [-0.1, -0.05) is 32.9 Å². The molecule has 0 saturated heterocycles. The minimum Gasteiger partial charge on any atom is -0.396 e. The number of aliphatic hydroxyl groups is 1.